The van der Waals surface area contributed by atoms with Crippen LogP contribution in [-0.4, -0.2) is 17.4 Å². The zero-order valence-corrected chi connectivity index (χ0v) is 13.0. The van der Waals surface area contributed by atoms with Gasteiger partial charge in [-0.25, -0.2) is 4.39 Å². The predicted octanol–water partition coefficient (Wildman–Crippen LogP) is 3.60. The number of benzene rings is 1. The largest absolute Gasteiger partial charge is 0.494 e. The van der Waals surface area contributed by atoms with Crippen molar-refractivity contribution in [3.8, 4) is 5.75 Å². The average molecular weight is 320 g/mol. The van der Waals surface area contributed by atoms with Crippen molar-refractivity contribution in [2.75, 3.05) is 7.11 Å². The first-order valence-corrected chi connectivity index (χ1v) is 6.99. The summed E-state index contributed by atoms with van der Waals surface area (Å²) in [5, 5.41) is 2.80. The van der Waals surface area contributed by atoms with E-state index in [-0.39, 0.29) is 17.7 Å². The van der Waals surface area contributed by atoms with Crippen molar-refractivity contribution in [2.24, 2.45) is 5.41 Å². The van der Waals surface area contributed by atoms with E-state index in [1.807, 2.05) is 0 Å². The third kappa shape index (κ3) is 2.59. The quantitative estimate of drug-likeness (QED) is 0.861. The highest BCUT2D eigenvalue weighted by Crippen LogP contribution is 2.63. The second kappa shape index (κ2) is 5.08. The summed E-state index contributed by atoms with van der Waals surface area (Å²) < 4.78 is 17.5. The molecule has 0 bridgehead atoms. The molecule has 1 saturated carbocycles. The molecule has 0 spiro atoms. The SMILES string of the molecule is COc1ccc(C(C)NC(=O)C2(C)CC2(Cl)Cl)cc1F. The van der Waals surface area contributed by atoms with Gasteiger partial charge in [0.25, 0.3) is 0 Å². The number of halogens is 3. The number of alkyl halides is 2. The highest BCUT2D eigenvalue weighted by molar-refractivity contribution is 6.53. The Balaban J connectivity index is 2.07. The van der Waals surface area contributed by atoms with Gasteiger partial charge in [-0.3, -0.25) is 4.79 Å². The summed E-state index contributed by atoms with van der Waals surface area (Å²) in [6, 6.07) is 4.23. The van der Waals surface area contributed by atoms with E-state index >= 15 is 0 Å². The average Bonchev–Trinajstić information content (AvgIpc) is 2.89. The van der Waals surface area contributed by atoms with Crippen LogP contribution in [0.15, 0.2) is 18.2 Å². The lowest BCUT2D eigenvalue weighted by molar-refractivity contribution is -0.126. The van der Waals surface area contributed by atoms with E-state index in [0.717, 1.165) is 0 Å². The minimum Gasteiger partial charge on any atom is -0.494 e. The molecule has 0 saturated heterocycles. The maximum atomic E-state index is 13.6. The lowest BCUT2D eigenvalue weighted by Crippen LogP contribution is -2.35. The Hall–Kier alpha value is -1.00. The summed E-state index contributed by atoms with van der Waals surface area (Å²) in [5.74, 6) is -0.527. The lowest BCUT2D eigenvalue weighted by Gasteiger charge is -2.19. The van der Waals surface area contributed by atoms with Gasteiger partial charge >= 0.3 is 0 Å². The molecule has 6 heteroatoms. The first-order valence-electron chi connectivity index (χ1n) is 6.23. The standard InChI is InChI=1S/C14H16Cl2FNO2/c1-8(9-4-5-11(20-3)10(17)6-9)18-12(19)13(2)7-14(13,15)16/h4-6,8H,7H2,1-3H3,(H,18,19). The third-order valence-corrected chi connectivity index (χ3v) is 4.88. The fraction of sp³-hybridized carbons (Fsp3) is 0.500. The zero-order valence-electron chi connectivity index (χ0n) is 11.5. The predicted molar refractivity (Wildman–Crippen MR) is 76.7 cm³/mol. The molecule has 2 atom stereocenters. The maximum Gasteiger partial charge on any atom is 0.229 e. The summed E-state index contributed by atoms with van der Waals surface area (Å²) in [4.78, 5) is 12.1. The summed E-state index contributed by atoms with van der Waals surface area (Å²) in [6.07, 6.45) is 0.415. The van der Waals surface area contributed by atoms with Crippen LogP contribution < -0.4 is 10.1 Å². The molecule has 1 fully saturated rings. The van der Waals surface area contributed by atoms with E-state index in [4.69, 9.17) is 27.9 Å². The number of amides is 1. The maximum absolute atomic E-state index is 13.6. The van der Waals surface area contributed by atoms with Gasteiger partial charge in [0.2, 0.25) is 5.91 Å². The molecular weight excluding hydrogens is 304 g/mol. The molecule has 0 heterocycles. The van der Waals surface area contributed by atoms with Crippen molar-refractivity contribution in [3.05, 3.63) is 29.6 Å². The van der Waals surface area contributed by atoms with Crippen LogP contribution in [-0.2, 0) is 4.79 Å². The Morgan fingerprint density at radius 2 is 2.10 bits per heavy atom. The van der Waals surface area contributed by atoms with Crippen molar-refractivity contribution >= 4 is 29.1 Å². The molecule has 1 aromatic carbocycles. The Kier molecular flexibility index (Phi) is 3.91. The lowest BCUT2D eigenvalue weighted by atomic mass is 10.1. The van der Waals surface area contributed by atoms with Gasteiger partial charge in [-0.1, -0.05) is 6.07 Å². The van der Waals surface area contributed by atoms with Gasteiger partial charge in [-0.15, -0.1) is 23.2 Å². The zero-order chi connectivity index (χ0) is 15.1. The fourth-order valence-corrected chi connectivity index (χ4v) is 2.74. The van der Waals surface area contributed by atoms with Crippen LogP contribution in [0.1, 0.15) is 31.9 Å². The monoisotopic (exact) mass is 319 g/mol. The number of rotatable bonds is 4. The van der Waals surface area contributed by atoms with Crippen LogP contribution in [0.4, 0.5) is 4.39 Å². The summed E-state index contributed by atoms with van der Waals surface area (Å²) in [7, 11) is 1.40. The second-order valence-corrected chi connectivity index (χ2v) is 6.79. The molecule has 1 amide bonds. The fourth-order valence-electron chi connectivity index (χ4n) is 2.04. The van der Waals surface area contributed by atoms with Gasteiger partial charge in [0.1, 0.15) is 4.33 Å². The molecule has 1 aliphatic rings. The molecule has 110 valence electrons. The topological polar surface area (TPSA) is 38.3 Å². The number of hydrogen-bond donors (Lipinski definition) is 1. The Morgan fingerprint density at radius 3 is 2.55 bits per heavy atom. The molecular formula is C14H16Cl2FNO2. The van der Waals surface area contributed by atoms with Gasteiger partial charge in [0.15, 0.2) is 11.6 Å². The van der Waals surface area contributed by atoms with Crippen molar-refractivity contribution in [1.82, 2.24) is 5.32 Å². The van der Waals surface area contributed by atoms with Crippen LogP contribution in [0.3, 0.4) is 0 Å². The van der Waals surface area contributed by atoms with Gasteiger partial charge in [0, 0.05) is 0 Å². The molecule has 1 aliphatic carbocycles. The molecule has 1 N–H and O–H groups in total. The van der Waals surface area contributed by atoms with Crippen molar-refractivity contribution in [1.29, 1.82) is 0 Å². The van der Waals surface area contributed by atoms with Gasteiger partial charge < -0.3 is 10.1 Å². The number of methoxy groups -OCH3 is 1. The van der Waals surface area contributed by atoms with Crippen molar-refractivity contribution < 1.29 is 13.9 Å². The number of carbonyl (C=O) groups is 1. The first-order chi connectivity index (χ1) is 9.21. The van der Waals surface area contributed by atoms with Crippen molar-refractivity contribution in [2.45, 2.75) is 30.6 Å². The van der Waals surface area contributed by atoms with Crippen LogP contribution >= 0.6 is 23.2 Å². The highest BCUT2D eigenvalue weighted by atomic mass is 35.5. The second-order valence-electron chi connectivity index (χ2n) is 5.30. The molecule has 0 aromatic heterocycles. The Morgan fingerprint density at radius 1 is 1.50 bits per heavy atom. The minimum atomic E-state index is -1.01. The van der Waals surface area contributed by atoms with Crippen molar-refractivity contribution in [3.63, 3.8) is 0 Å². The molecule has 2 rings (SSSR count). The van der Waals surface area contributed by atoms with Gasteiger partial charge in [-0.05, 0) is 38.0 Å². The minimum absolute atomic E-state index is 0.168. The molecule has 20 heavy (non-hydrogen) atoms. The van der Waals surface area contributed by atoms with E-state index in [1.54, 1.807) is 19.9 Å². The van der Waals surface area contributed by atoms with E-state index in [2.05, 4.69) is 5.32 Å². The number of ether oxygens (including phenoxy) is 1. The molecule has 2 unspecified atom stereocenters. The number of hydrogen-bond acceptors (Lipinski definition) is 2. The Bertz CT molecular complexity index is 550. The molecule has 1 aromatic rings. The molecule has 0 radical (unpaired) electrons. The number of nitrogens with one attached hydrogen (secondary N) is 1. The first kappa shape index (κ1) is 15.4. The van der Waals surface area contributed by atoms with Gasteiger partial charge in [0.05, 0.1) is 18.6 Å². The normalized spacial score (nSPS) is 24.9. The van der Waals surface area contributed by atoms with Gasteiger partial charge in [-0.2, -0.15) is 0 Å². The molecule has 3 nitrogen and oxygen atoms in total. The smallest absolute Gasteiger partial charge is 0.229 e. The van der Waals surface area contributed by atoms with E-state index < -0.39 is 15.6 Å². The van der Waals surface area contributed by atoms with Crippen LogP contribution in [0.25, 0.3) is 0 Å². The van der Waals surface area contributed by atoms with Crippen LogP contribution in [0, 0.1) is 11.2 Å². The highest BCUT2D eigenvalue weighted by Gasteiger charge is 2.67. The van der Waals surface area contributed by atoms with E-state index in [0.29, 0.717) is 12.0 Å². The summed E-state index contributed by atoms with van der Waals surface area (Å²) in [6.45, 7) is 3.48. The summed E-state index contributed by atoms with van der Waals surface area (Å²) >= 11 is 11.9. The van der Waals surface area contributed by atoms with E-state index in [1.165, 1.54) is 19.2 Å². The van der Waals surface area contributed by atoms with Crippen LogP contribution in [0.2, 0.25) is 0 Å². The van der Waals surface area contributed by atoms with E-state index in [9.17, 15) is 9.18 Å². The number of carbonyl (C=O) groups excluding carboxylic acids is 1. The van der Waals surface area contributed by atoms with Crippen LogP contribution in [0.5, 0.6) is 5.75 Å². The summed E-state index contributed by atoms with van der Waals surface area (Å²) in [5.41, 5.74) is -0.134. The molecule has 0 aliphatic heterocycles. The Labute approximate surface area is 127 Å². The third-order valence-electron chi connectivity index (χ3n) is 3.78.